The van der Waals surface area contributed by atoms with Crippen molar-refractivity contribution < 1.29 is 19.1 Å². The van der Waals surface area contributed by atoms with Gasteiger partial charge in [0.2, 0.25) is 0 Å². The van der Waals surface area contributed by atoms with Gasteiger partial charge >= 0.3 is 11.9 Å². The summed E-state index contributed by atoms with van der Waals surface area (Å²) in [6.45, 7) is 2.28. The lowest BCUT2D eigenvalue weighted by Crippen LogP contribution is -2.38. The predicted octanol–water partition coefficient (Wildman–Crippen LogP) is 1.60. The van der Waals surface area contributed by atoms with Gasteiger partial charge in [0.15, 0.2) is 0 Å². The van der Waals surface area contributed by atoms with Crippen LogP contribution in [0.4, 0.5) is 5.69 Å². The second kappa shape index (κ2) is 5.20. The summed E-state index contributed by atoms with van der Waals surface area (Å²) in [4.78, 5) is 23.8. The summed E-state index contributed by atoms with van der Waals surface area (Å²) in [5, 5.41) is 6.13. The third-order valence-corrected chi connectivity index (χ3v) is 3.87. The number of esters is 2. The molecule has 110 valence electrons. The van der Waals surface area contributed by atoms with Crippen LogP contribution in [-0.4, -0.2) is 37.4 Å². The van der Waals surface area contributed by atoms with Crippen LogP contribution >= 0.6 is 0 Å². The normalized spacial score (nSPS) is 24.2. The number of methoxy groups -OCH3 is 1. The van der Waals surface area contributed by atoms with Crippen molar-refractivity contribution in [3.05, 3.63) is 29.8 Å². The molecule has 2 aliphatic rings. The van der Waals surface area contributed by atoms with Gasteiger partial charge in [-0.15, -0.1) is 0 Å². The molecule has 2 atom stereocenters. The minimum Gasteiger partial charge on any atom is -0.464 e. The number of anilines is 1. The summed E-state index contributed by atoms with van der Waals surface area (Å²) in [6.07, 6.45) is 0.486. The lowest BCUT2D eigenvalue weighted by atomic mass is 9.96. The maximum absolute atomic E-state index is 12.1. The molecule has 2 heterocycles. The number of fused-ring (bicyclic) bond motifs is 3. The van der Waals surface area contributed by atoms with Crippen LogP contribution in [0.25, 0.3) is 0 Å². The van der Waals surface area contributed by atoms with Gasteiger partial charge in [0.05, 0.1) is 31.0 Å². The Morgan fingerprint density at radius 1 is 1.43 bits per heavy atom. The van der Waals surface area contributed by atoms with Gasteiger partial charge < -0.3 is 9.47 Å². The largest absolute Gasteiger partial charge is 0.464 e. The molecule has 2 aliphatic heterocycles. The van der Waals surface area contributed by atoms with E-state index < -0.39 is 5.97 Å². The average Bonchev–Trinajstić information content (AvgIpc) is 2.95. The zero-order valence-corrected chi connectivity index (χ0v) is 11.9. The number of carbonyl (C=O) groups is 2. The Labute approximate surface area is 122 Å². The molecule has 0 radical (unpaired) electrons. The number of ether oxygens (including phenoxy) is 2. The number of hydrogen-bond acceptors (Lipinski definition) is 6. The van der Waals surface area contributed by atoms with Crippen molar-refractivity contribution in [1.82, 2.24) is 0 Å². The summed E-state index contributed by atoms with van der Waals surface area (Å²) in [5.74, 6) is -0.732. The fourth-order valence-electron chi connectivity index (χ4n) is 2.69. The van der Waals surface area contributed by atoms with Crippen LogP contribution in [0.2, 0.25) is 0 Å². The molecule has 0 fully saturated rings. The lowest BCUT2D eigenvalue weighted by molar-refractivity contribution is -0.132. The molecule has 0 bridgehead atoms. The van der Waals surface area contributed by atoms with E-state index in [4.69, 9.17) is 9.47 Å². The quantitative estimate of drug-likeness (QED) is 0.734. The first kappa shape index (κ1) is 13.6. The summed E-state index contributed by atoms with van der Waals surface area (Å²) >= 11 is 0. The van der Waals surface area contributed by atoms with Gasteiger partial charge in [-0.25, -0.2) is 9.59 Å². The first-order valence-corrected chi connectivity index (χ1v) is 6.83. The van der Waals surface area contributed by atoms with Crippen molar-refractivity contribution in [1.29, 1.82) is 0 Å². The van der Waals surface area contributed by atoms with Crippen molar-refractivity contribution >= 4 is 23.3 Å². The third kappa shape index (κ3) is 2.26. The van der Waals surface area contributed by atoms with Crippen LogP contribution in [0.3, 0.4) is 0 Å². The maximum Gasteiger partial charge on any atom is 0.354 e. The zero-order valence-electron chi connectivity index (χ0n) is 11.9. The summed E-state index contributed by atoms with van der Waals surface area (Å²) in [7, 11) is 1.34. The topological polar surface area (TPSA) is 68.2 Å². The minimum atomic E-state index is -0.432. The highest BCUT2D eigenvalue weighted by Gasteiger charge is 2.38. The van der Waals surface area contributed by atoms with Crippen LogP contribution in [0.1, 0.15) is 23.7 Å². The highest BCUT2D eigenvalue weighted by Crippen LogP contribution is 2.34. The van der Waals surface area contributed by atoms with E-state index in [-0.39, 0.29) is 17.9 Å². The first-order valence-electron chi connectivity index (χ1n) is 6.83. The summed E-state index contributed by atoms with van der Waals surface area (Å²) < 4.78 is 10.1. The molecular formula is C15H16N2O4. The predicted molar refractivity (Wildman–Crippen MR) is 76.2 cm³/mol. The molecule has 0 aromatic heterocycles. The Morgan fingerprint density at radius 3 is 2.95 bits per heavy atom. The molecule has 0 spiro atoms. The molecule has 1 aromatic carbocycles. The Hall–Kier alpha value is -2.37. The van der Waals surface area contributed by atoms with Gasteiger partial charge in [-0.2, -0.15) is 5.10 Å². The second-order valence-corrected chi connectivity index (χ2v) is 5.25. The highest BCUT2D eigenvalue weighted by atomic mass is 16.5. The smallest absolute Gasteiger partial charge is 0.354 e. The van der Waals surface area contributed by atoms with Crippen LogP contribution in [0.15, 0.2) is 29.4 Å². The monoisotopic (exact) mass is 288 g/mol. The molecule has 0 aliphatic carbocycles. The summed E-state index contributed by atoms with van der Waals surface area (Å²) in [5.41, 5.74) is 1.50. The number of para-hydroxylation sites is 1. The molecule has 1 aromatic rings. The van der Waals surface area contributed by atoms with E-state index in [9.17, 15) is 9.59 Å². The lowest BCUT2D eigenvalue weighted by Gasteiger charge is -2.31. The molecule has 0 N–H and O–H groups in total. The molecular weight excluding hydrogens is 272 g/mol. The Kier molecular flexibility index (Phi) is 3.37. The SMILES string of the molecule is COC(=O)C1=NN2c3ccccc3C(=O)OC[C@@H](C)[C@H]2C1. The zero-order chi connectivity index (χ0) is 15.0. The van der Waals surface area contributed by atoms with Gasteiger partial charge in [0.25, 0.3) is 0 Å². The number of hydrogen-bond donors (Lipinski definition) is 0. The van der Waals surface area contributed by atoms with E-state index in [1.165, 1.54) is 7.11 Å². The Bertz CT molecular complexity index is 626. The third-order valence-electron chi connectivity index (χ3n) is 3.87. The van der Waals surface area contributed by atoms with Crippen molar-refractivity contribution in [2.75, 3.05) is 18.7 Å². The van der Waals surface area contributed by atoms with E-state index in [1.807, 2.05) is 19.1 Å². The van der Waals surface area contributed by atoms with E-state index in [0.717, 1.165) is 0 Å². The molecule has 0 amide bonds. The van der Waals surface area contributed by atoms with Crippen LogP contribution in [0, 0.1) is 5.92 Å². The average molecular weight is 288 g/mol. The van der Waals surface area contributed by atoms with Crippen molar-refractivity contribution in [3.8, 4) is 0 Å². The van der Waals surface area contributed by atoms with Crippen molar-refractivity contribution in [2.45, 2.75) is 19.4 Å². The fourth-order valence-corrected chi connectivity index (χ4v) is 2.69. The van der Waals surface area contributed by atoms with Gasteiger partial charge in [-0.05, 0) is 12.1 Å². The first-order chi connectivity index (χ1) is 10.1. The minimum absolute atomic E-state index is 0.0200. The van der Waals surface area contributed by atoms with Crippen LogP contribution < -0.4 is 5.01 Å². The molecule has 3 rings (SSSR count). The number of hydrazone groups is 1. The number of cyclic esters (lactones) is 1. The highest BCUT2D eigenvalue weighted by molar-refractivity contribution is 6.37. The van der Waals surface area contributed by atoms with Gasteiger partial charge in [0, 0.05) is 12.3 Å². The number of carbonyl (C=O) groups excluding carboxylic acids is 2. The van der Waals surface area contributed by atoms with E-state index >= 15 is 0 Å². The van der Waals surface area contributed by atoms with Crippen molar-refractivity contribution in [3.63, 3.8) is 0 Å². The molecule has 6 heteroatoms. The molecule has 0 saturated carbocycles. The molecule has 6 nitrogen and oxygen atoms in total. The van der Waals surface area contributed by atoms with Gasteiger partial charge in [0.1, 0.15) is 5.71 Å². The number of rotatable bonds is 1. The van der Waals surface area contributed by atoms with E-state index in [2.05, 4.69) is 5.10 Å². The van der Waals surface area contributed by atoms with E-state index in [0.29, 0.717) is 30.0 Å². The Morgan fingerprint density at radius 2 is 2.19 bits per heavy atom. The summed E-state index contributed by atoms with van der Waals surface area (Å²) in [6, 6.07) is 7.11. The number of nitrogens with zero attached hydrogens (tertiary/aromatic N) is 2. The standard InChI is InChI=1S/C15H16N2O4/c1-9-8-21-14(18)10-5-3-4-6-12(10)17-13(9)7-11(16-17)15(19)20-2/h3-6,9,13H,7-8H2,1-2H3/t9-,13-/m1/s1. The van der Waals surface area contributed by atoms with Gasteiger partial charge in [-0.1, -0.05) is 19.1 Å². The second-order valence-electron chi connectivity index (χ2n) is 5.25. The van der Waals surface area contributed by atoms with Crippen LogP contribution in [0.5, 0.6) is 0 Å². The molecule has 0 saturated heterocycles. The fraction of sp³-hybridized carbons (Fsp3) is 0.400. The van der Waals surface area contributed by atoms with Crippen molar-refractivity contribution in [2.24, 2.45) is 11.0 Å². The molecule has 0 unspecified atom stereocenters. The van der Waals surface area contributed by atoms with Crippen LogP contribution in [-0.2, 0) is 14.3 Å². The maximum atomic E-state index is 12.1. The van der Waals surface area contributed by atoms with Gasteiger partial charge in [-0.3, -0.25) is 5.01 Å². The Balaban J connectivity index is 2.07. The number of benzene rings is 1. The van der Waals surface area contributed by atoms with E-state index in [1.54, 1.807) is 17.1 Å². The molecule has 21 heavy (non-hydrogen) atoms.